The lowest BCUT2D eigenvalue weighted by molar-refractivity contribution is 0.229. The number of hydrogen-bond acceptors (Lipinski definition) is 5. The number of aliphatic hydroxyl groups is 1. The summed E-state index contributed by atoms with van der Waals surface area (Å²) < 4.78 is 5.68. The summed E-state index contributed by atoms with van der Waals surface area (Å²) >= 11 is 1.61. The molecule has 1 aromatic carbocycles. The third kappa shape index (κ3) is 5.46. The Hall–Kier alpha value is -1.43. The standard InChI is InChI=1S/C16H22N2O2S/c1-16(2,8-9-19)17-10-13-12-21-15(18-13)11-20-14-6-4-3-5-7-14/h3-7,12,17,19H,8-11H2,1-2H3. The number of benzene rings is 1. The van der Waals surface area contributed by atoms with Crippen LogP contribution in [-0.2, 0) is 13.2 Å². The van der Waals surface area contributed by atoms with Gasteiger partial charge < -0.3 is 15.2 Å². The van der Waals surface area contributed by atoms with Gasteiger partial charge in [0.25, 0.3) is 0 Å². The van der Waals surface area contributed by atoms with E-state index in [4.69, 9.17) is 9.84 Å². The maximum absolute atomic E-state index is 9.01. The van der Waals surface area contributed by atoms with Gasteiger partial charge in [-0.2, -0.15) is 0 Å². The van der Waals surface area contributed by atoms with Crippen LogP contribution in [0.5, 0.6) is 5.75 Å². The summed E-state index contributed by atoms with van der Waals surface area (Å²) in [5.41, 5.74) is 0.927. The maximum atomic E-state index is 9.01. The molecule has 0 fully saturated rings. The Balaban J connectivity index is 1.81. The van der Waals surface area contributed by atoms with E-state index in [-0.39, 0.29) is 12.1 Å². The lowest BCUT2D eigenvalue weighted by Crippen LogP contribution is -2.39. The molecule has 0 saturated carbocycles. The van der Waals surface area contributed by atoms with Crippen LogP contribution in [0.2, 0.25) is 0 Å². The summed E-state index contributed by atoms with van der Waals surface area (Å²) in [5.74, 6) is 0.858. The minimum Gasteiger partial charge on any atom is -0.486 e. The Morgan fingerprint density at radius 1 is 1.29 bits per heavy atom. The van der Waals surface area contributed by atoms with Crippen LogP contribution in [0.4, 0.5) is 0 Å². The number of rotatable bonds is 8. The highest BCUT2D eigenvalue weighted by atomic mass is 32.1. The molecule has 5 heteroatoms. The lowest BCUT2D eigenvalue weighted by Gasteiger charge is -2.24. The van der Waals surface area contributed by atoms with Gasteiger partial charge in [-0.15, -0.1) is 11.3 Å². The van der Waals surface area contributed by atoms with Crippen LogP contribution >= 0.6 is 11.3 Å². The quantitative estimate of drug-likeness (QED) is 0.787. The highest BCUT2D eigenvalue weighted by molar-refractivity contribution is 7.09. The SMILES string of the molecule is CC(C)(CCO)NCc1csc(COc2ccccc2)n1. The van der Waals surface area contributed by atoms with E-state index in [1.807, 2.05) is 35.7 Å². The number of nitrogens with zero attached hydrogens (tertiary/aromatic N) is 1. The normalized spacial score (nSPS) is 11.6. The summed E-state index contributed by atoms with van der Waals surface area (Å²) in [6.07, 6.45) is 0.723. The van der Waals surface area contributed by atoms with E-state index in [1.54, 1.807) is 11.3 Å². The fraction of sp³-hybridized carbons (Fsp3) is 0.438. The van der Waals surface area contributed by atoms with Crippen LogP contribution in [0.1, 0.15) is 31.0 Å². The van der Waals surface area contributed by atoms with Gasteiger partial charge in [0.1, 0.15) is 17.4 Å². The second kappa shape index (κ2) is 7.54. The van der Waals surface area contributed by atoms with Crippen LogP contribution in [0.15, 0.2) is 35.7 Å². The summed E-state index contributed by atoms with van der Waals surface area (Å²) in [6, 6.07) is 9.75. The van der Waals surface area contributed by atoms with Crippen molar-refractivity contribution in [2.75, 3.05) is 6.61 Å². The molecule has 0 aliphatic rings. The molecule has 0 amide bonds. The van der Waals surface area contributed by atoms with Gasteiger partial charge in [0.2, 0.25) is 0 Å². The molecule has 2 rings (SSSR count). The van der Waals surface area contributed by atoms with E-state index in [0.29, 0.717) is 13.2 Å². The summed E-state index contributed by atoms with van der Waals surface area (Å²) in [5, 5.41) is 15.4. The topological polar surface area (TPSA) is 54.4 Å². The molecule has 21 heavy (non-hydrogen) atoms. The predicted molar refractivity (Wildman–Crippen MR) is 85.5 cm³/mol. The Morgan fingerprint density at radius 2 is 2.05 bits per heavy atom. The maximum Gasteiger partial charge on any atom is 0.140 e. The molecule has 0 radical (unpaired) electrons. The number of nitrogens with one attached hydrogen (secondary N) is 1. The van der Waals surface area contributed by atoms with Gasteiger partial charge in [0.05, 0.1) is 5.69 Å². The van der Waals surface area contributed by atoms with Gasteiger partial charge in [0, 0.05) is 24.1 Å². The van der Waals surface area contributed by atoms with E-state index < -0.39 is 0 Å². The van der Waals surface area contributed by atoms with Gasteiger partial charge in [0.15, 0.2) is 0 Å². The number of ether oxygens (including phenoxy) is 1. The van der Waals surface area contributed by atoms with E-state index in [1.165, 1.54) is 0 Å². The first-order valence-electron chi connectivity index (χ1n) is 7.06. The molecule has 0 atom stereocenters. The largest absolute Gasteiger partial charge is 0.486 e. The Kier molecular flexibility index (Phi) is 5.73. The molecule has 0 spiro atoms. The fourth-order valence-corrected chi connectivity index (χ4v) is 2.56. The van der Waals surface area contributed by atoms with Crippen LogP contribution < -0.4 is 10.1 Å². The summed E-state index contributed by atoms with van der Waals surface area (Å²) in [7, 11) is 0. The molecular weight excluding hydrogens is 284 g/mol. The molecule has 0 aliphatic carbocycles. The molecule has 1 heterocycles. The van der Waals surface area contributed by atoms with Gasteiger partial charge in [-0.05, 0) is 32.4 Å². The first-order valence-corrected chi connectivity index (χ1v) is 7.94. The average molecular weight is 306 g/mol. The molecule has 114 valence electrons. The van der Waals surface area contributed by atoms with Crippen molar-refractivity contribution < 1.29 is 9.84 Å². The average Bonchev–Trinajstić information content (AvgIpc) is 2.92. The molecule has 2 N–H and O–H groups in total. The van der Waals surface area contributed by atoms with Crippen molar-refractivity contribution in [1.82, 2.24) is 10.3 Å². The molecule has 2 aromatic rings. The van der Waals surface area contributed by atoms with Crippen LogP contribution in [0, 0.1) is 0 Å². The number of hydrogen-bond donors (Lipinski definition) is 2. The number of aromatic nitrogens is 1. The van der Waals surface area contributed by atoms with Crippen LogP contribution in [-0.4, -0.2) is 22.2 Å². The van der Waals surface area contributed by atoms with Crippen molar-refractivity contribution in [1.29, 1.82) is 0 Å². The Morgan fingerprint density at radius 3 is 2.76 bits per heavy atom. The highest BCUT2D eigenvalue weighted by Crippen LogP contribution is 2.16. The molecule has 0 aliphatic heterocycles. The third-order valence-corrected chi connectivity index (χ3v) is 4.06. The first-order chi connectivity index (χ1) is 10.1. The second-order valence-electron chi connectivity index (χ2n) is 5.55. The third-order valence-electron chi connectivity index (χ3n) is 3.19. The van der Waals surface area contributed by atoms with Crippen molar-refractivity contribution >= 4 is 11.3 Å². The fourth-order valence-electron chi connectivity index (χ4n) is 1.86. The molecule has 4 nitrogen and oxygen atoms in total. The van der Waals surface area contributed by atoms with Crippen LogP contribution in [0.3, 0.4) is 0 Å². The van der Waals surface area contributed by atoms with Gasteiger partial charge in [-0.3, -0.25) is 0 Å². The Bertz CT molecular complexity index is 540. The highest BCUT2D eigenvalue weighted by Gasteiger charge is 2.16. The van der Waals surface area contributed by atoms with Gasteiger partial charge >= 0.3 is 0 Å². The van der Waals surface area contributed by atoms with E-state index in [0.717, 1.165) is 22.9 Å². The molecular formula is C16H22N2O2S. The van der Waals surface area contributed by atoms with Crippen molar-refractivity contribution in [3.05, 3.63) is 46.4 Å². The number of aliphatic hydroxyl groups excluding tert-OH is 1. The lowest BCUT2D eigenvalue weighted by atomic mass is 10.0. The van der Waals surface area contributed by atoms with Crippen LogP contribution in [0.25, 0.3) is 0 Å². The van der Waals surface area contributed by atoms with E-state index in [9.17, 15) is 0 Å². The van der Waals surface area contributed by atoms with Gasteiger partial charge in [-0.1, -0.05) is 18.2 Å². The Labute approximate surface area is 129 Å². The van der Waals surface area contributed by atoms with Crippen molar-refractivity contribution in [3.8, 4) is 5.75 Å². The zero-order valence-corrected chi connectivity index (χ0v) is 13.3. The summed E-state index contributed by atoms with van der Waals surface area (Å²) in [6.45, 7) is 5.54. The van der Waals surface area contributed by atoms with Crippen molar-refractivity contribution in [3.63, 3.8) is 0 Å². The molecule has 0 bridgehead atoms. The zero-order chi connectivity index (χ0) is 15.1. The molecule has 1 aromatic heterocycles. The van der Waals surface area contributed by atoms with Crippen molar-refractivity contribution in [2.24, 2.45) is 0 Å². The minimum absolute atomic E-state index is 0.0843. The zero-order valence-electron chi connectivity index (χ0n) is 12.5. The van der Waals surface area contributed by atoms with E-state index >= 15 is 0 Å². The van der Waals surface area contributed by atoms with Crippen molar-refractivity contribution in [2.45, 2.75) is 39.0 Å². The number of thiazole rings is 1. The summed E-state index contributed by atoms with van der Waals surface area (Å²) in [4.78, 5) is 4.56. The molecule has 0 saturated heterocycles. The number of para-hydroxylation sites is 1. The molecule has 0 unspecified atom stereocenters. The predicted octanol–water partition coefficient (Wildman–Crippen LogP) is 2.97. The van der Waals surface area contributed by atoms with Gasteiger partial charge in [-0.25, -0.2) is 4.98 Å². The first kappa shape index (κ1) is 15.9. The monoisotopic (exact) mass is 306 g/mol. The van der Waals surface area contributed by atoms with E-state index in [2.05, 4.69) is 24.1 Å². The minimum atomic E-state index is -0.0843. The second-order valence-corrected chi connectivity index (χ2v) is 6.49. The smallest absolute Gasteiger partial charge is 0.140 e.